The highest BCUT2D eigenvalue weighted by molar-refractivity contribution is 5.74. The van der Waals surface area contributed by atoms with Crippen LogP contribution in [-0.4, -0.2) is 52.6 Å². The SMILES string of the molecule is CC(=O)N[C@H]1[C@H](O)[C@H](NC(C)=O)C(O)O[C@H]1C. The summed E-state index contributed by atoms with van der Waals surface area (Å²) in [6, 6.07) is -1.63. The average molecular weight is 246 g/mol. The van der Waals surface area contributed by atoms with E-state index in [9.17, 15) is 19.8 Å². The molecule has 17 heavy (non-hydrogen) atoms. The van der Waals surface area contributed by atoms with Crippen molar-refractivity contribution in [1.82, 2.24) is 10.6 Å². The normalized spacial score (nSPS) is 37.4. The van der Waals surface area contributed by atoms with Crippen LogP contribution < -0.4 is 10.6 Å². The summed E-state index contributed by atoms with van der Waals surface area (Å²) in [6.07, 6.45) is -2.95. The number of carbonyl (C=O) groups is 2. The predicted molar refractivity (Wildman–Crippen MR) is 57.8 cm³/mol. The lowest BCUT2D eigenvalue weighted by molar-refractivity contribution is -0.214. The maximum Gasteiger partial charge on any atom is 0.217 e. The van der Waals surface area contributed by atoms with Crippen LogP contribution in [0, 0.1) is 0 Å². The van der Waals surface area contributed by atoms with Gasteiger partial charge in [-0.05, 0) is 6.92 Å². The van der Waals surface area contributed by atoms with Gasteiger partial charge in [-0.25, -0.2) is 0 Å². The summed E-state index contributed by atoms with van der Waals surface area (Å²) in [7, 11) is 0. The molecule has 0 saturated carbocycles. The average Bonchev–Trinajstić information content (AvgIpc) is 2.18. The molecule has 1 aliphatic heterocycles. The van der Waals surface area contributed by atoms with E-state index >= 15 is 0 Å². The molecule has 0 aromatic rings. The molecule has 7 nitrogen and oxygen atoms in total. The van der Waals surface area contributed by atoms with Crippen LogP contribution in [0.1, 0.15) is 20.8 Å². The Morgan fingerprint density at radius 3 is 2.00 bits per heavy atom. The summed E-state index contributed by atoms with van der Waals surface area (Å²) in [5, 5.41) is 24.5. The molecule has 5 atom stereocenters. The van der Waals surface area contributed by atoms with Crippen LogP contribution in [0.25, 0.3) is 0 Å². The molecule has 0 radical (unpaired) electrons. The number of hydrogen-bond donors (Lipinski definition) is 4. The zero-order chi connectivity index (χ0) is 13.2. The summed E-state index contributed by atoms with van der Waals surface area (Å²) in [6.45, 7) is 4.21. The van der Waals surface area contributed by atoms with Crippen molar-refractivity contribution in [1.29, 1.82) is 0 Å². The molecule has 7 heteroatoms. The Kier molecular flexibility index (Phi) is 4.44. The lowest BCUT2D eigenvalue weighted by atomic mass is 9.95. The second kappa shape index (κ2) is 5.44. The number of ether oxygens (including phenoxy) is 1. The molecule has 0 aliphatic carbocycles. The molecule has 2 amide bonds. The number of hydrogen-bond acceptors (Lipinski definition) is 5. The van der Waals surface area contributed by atoms with Crippen LogP contribution in [-0.2, 0) is 14.3 Å². The van der Waals surface area contributed by atoms with E-state index in [1.807, 2.05) is 0 Å². The third-order valence-corrected chi connectivity index (χ3v) is 2.64. The van der Waals surface area contributed by atoms with Gasteiger partial charge >= 0.3 is 0 Å². The molecule has 1 aliphatic rings. The minimum absolute atomic E-state index is 0.317. The van der Waals surface area contributed by atoms with Gasteiger partial charge in [0.05, 0.1) is 12.1 Å². The number of aliphatic hydroxyl groups is 2. The van der Waals surface area contributed by atoms with E-state index in [4.69, 9.17) is 4.74 Å². The zero-order valence-electron chi connectivity index (χ0n) is 10.0. The van der Waals surface area contributed by atoms with Crippen molar-refractivity contribution >= 4 is 11.8 Å². The fourth-order valence-corrected chi connectivity index (χ4v) is 1.89. The van der Waals surface area contributed by atoms with Gasteiger partial charge in [0.25, 0.3) is 0 Å². The standard InChI is InChI=1S/C10H18N2O5/c1-4-7(11-5(2)13)9(15)8(10(16)17-4)12-6(3)14/h4,7-10,15-16H,1-3H3,(H,11,13)(H,12,14)/t4-,7+,8-,9-,10?/m0/s1. The molecule has 0 aromatic carbocycles. The van der Waals surface area contributed by atoms with Crippen molar-refractivity contribution in [2.45, 2.75) is 51.4 Å². The van der Waals surface area contributed by atoms with Crippen molar-refractivity contribution in [2.75, 3.05) is 0 Å². The third kappa shape index (κ3) is 3.39. The first-order chi connectivity index (χ1) is 7.82. The fraction of sp³-hybridized carbons (Fsp3) is 0.800. The number of amides is 2. The Hall–Kier alpha value is -1.18. The summed E-state index contributed by atoms with van der Waals surface area (Å²) >= 11 is 0. The first-order valence-corrected chi connectivity index (χ1v) is 5.38. The second-order valence-corrected chi connectivity index (χ2v) is 4.17. The highest BCUT2D eigenvalue weighted by atomic mass is 16.6. The fourth-order valence-electron chi connectivity index (χ4n) is 1.89. The Bertz CT molecular complexity index is 281. The maximum atomic E-state index is 11.0. The van der Waals surface area contributed by atoms with E-state index in [1.165, 1.54) is 13.8 Å². The van der Waals surface area contributed by atoms with E-state index in [0.29, 0.717) is 0 Å². The zero-order valence-corrected chi connectivity index (χ0v) is 10.0. The van der Waals surface area contributed by atoms with Crippen LogP contribution in [0.5, 0.6) is 0 Å². The van der Waals surface area contributed by atoms with Gasteiger partial charge in [0.1, 0.15) is 12.1 Å². The summed E-state index contributed by atoms with van der Waals surface area (Å²) < 4.78 is 5.15. The largest absolute Gasteiger partial charge is 0.389 e. The summed E-state index contributed by atoms with van der Waals surface area (Å²) in [5.74, 6) is -0.713. The van der Waals surface area contributed by atoms with Gasteiger partial charge in [-0.15, -0.1) is 0 Å². The monoisotopic (exact) mass is 246 g/mol. The van der Waals surface area contributed by atoms with E-state index in [-0.39, 0.29) is 5.91 Å². The molecule has 98 valence electrons. The molecule has 1 unspecified atom stereocenters. The summed E-state index contributed by atoms with van der Waals surface area (Å²) in [4.78, 5) is 21.9. The molecule has 0 bridgehead atoms. The second-order valence-electron chi connectivity index (χ2n) is 4.17. The predicted octanol–water partition coefficient (Wildman–Crippen LogP) is -1.91. The first-order valence-electron chi connectivity index (χ1n) is 5.38. The van der Waals surface area contributed by atoms with Crippen LogP contribution in [0.15, 0.2) is 0 Å². The van der Waals surface area contributed by atoms with Crippen LogP contribution in [0.4, 0.5) is 0 Å². The molecule has 1 fully saturated rings. The Balaban J connectivity index is 2.78. The lowest BCUT2D eigenvalue weighted by Crippen LogP contribution is -2.66. The Labute approximate surface area is 99.1 Å². The maximum absolute atomic E-state index is 11.0. The minimum Gasteiger partial charge on any atom is -0.389 e. The highest BCUT2D eigenvalue weighted by Gasteiger charge is 2.43. The molecule has 1 saturated heterocycles. The van der Waals surface area contributed by atoms with Crippen molar-refractivity contribution in [3.05, 3.63) is 0 Å². The van der Waals surface area contributed by atoms with Crippen molar-refractivity contribution in [3.8, 4) is 0 Å². The van der Waals surface area contributed by atoms with Crippen molar-refractivity contribution in [2.24, 2.45) is 0 Å². The quantitative estimate of drug-likeness (QED) is 0.455. The minimum atomic E-state index is -1.30. The van der Waals surface area contributed by atoms with E-state index in [0.717, 1.165) is 0 Å². The van der Waals surface area contributed by atoms with Gasteiger partial charge < -0.3 is 25.6 Å². The molecule has 1 rings (SSSR count). The van der Waals surface area contributed by atoms with Crippen molar-refractivity contribution in [3.63, 3.8) is 0 Å². The molecule has 1 heterocycles. The van der Waals surface area contributed by atoms with E-state index in [2.05, 4.69) is 10.6 Å². The highest BCUT2D eigenvalue weighted by Crippen LogP contribution is 2.19. The van der Waals surface area contributed by atoms with Gasteiger partial charge in [0.2, 0.25) is 11.8 Å². The Morgan fingerprint density at radius 2 is 1.53 bits per heavy atom. The van der Waals surface area contributed by atoms with Crippen molar-refractivity contribution < 1.29 is 24.5 Å². The molecular formula is C10H18N2O5. The van der Waals surface area contributed by atoms with Crippen LogP contribution >= 0.6 is 0 Å². The van der Waals surface area contributed by atoms with Gasteiger partial charge in [0, 0.05) is 13.8 Å². The third-order valence-electron chi connectivity index (χ3n) is 2.64. The van der Waals surface area contributed by atoms with E-state index in [1.54, 1.807) is 6.92 Å². The van der Waals surface area contributed by atoms with Gasteiger partial charge in [-0.1, -0.05) is 0 Å². The number of carbonyl (C=O) groups excluding carboxylic acids is 2. The van der Waals surface area contributed by atoms with Gasteiger partial charge in [-0.3, -0.25) is 9.59 Å². The van der Waals surface area contributed by atoms with Crippen LogP contribution in [0.2, 0.25) is 0 Å². The smallest absolute Gasteiger partial charge is 0.217 e. The number of rotatable bonds is 2. The van der Waals surface area contributed by atoms with Gasteiger partial charge in [0.15, 0.2) is 6.29 Å². The summed E-state index contributed by atoms with van der Waals surface area (Å²) in [5.41, 5.74) is 0. The Morgan fingerprint density at radius 1 is 1.06 bits per heavy atom. The number of nitrogens with one attached hydrogen (secondary N) is 2. The molecular weight excluding hydrogens is 228 g/mol. The molecule has 0 spiro atoms. The molecule has 4 N–H and O–H groups in total. The molecule has 0 aromatic heterocycles. The van der Waals surface area contributed by atoms with Crippen LogP contribution in [0.3, 0.4) is 0 Å². The first kappa shape index (κ1) is 13.9. The number of aliphatic hydroxyl groups excluding tert-OH is 2. The van der Waals surface area contributed by atoms with Gasteiger partial charge in [-0.2, -0.15) is 0 Å². The topological polar surface area (TPSA) is 108 Å². The van der Waals surface area contributed by atoms with E-state index < -0.39 is 36.5 Å². The lowest BCUT2D eigenvalue weighted by Gasteiger charge is -2.42.